The lowest BCUT2D eigenvalue weighted by atomic mass is 10.2. The van der Waals surface area contributed by atoms with E-state index < -0.39 is 0 Å². The lowest BCUT2D eigenvalue weighted by Crippen LogP contribution is -2.25. The van der Waals surface area contributed by atoms with Gasteiger partial charge in [0.05, 0.1) is 12.8 Å². The number of pyridine rings is 1. The number of aromatic nitrogens is 2. The summed E-state index contributed by atoms with van der Waals surface area (Å²) in [6, 6.07) is 11.1. The summed E-state index contributed by atoms with van der Waals surface area (Å²) in [4.78, 5) is 16.7. The van der Waals surface area contributed by atoms with Crippen LogP contribution in [0, 0.1) is 6.92 Å². The summed E-state index contributed by atoms with van der Waals surface area (Å²) in [5.74, 6) is 0.647. The number of amides is 1. The molecule has 2 aromatic heterocycles. The molecule has 0 bridgehead atoms. The van der Waals surface area contributed by atoms with Crippen LogP contribution in [0.3, 0.4) is 0 Å². The number of benzene rings is 1. The van der Waals surface area contributed by atoms with Gasteiger partial charge in [-0.05, 0) is 42.8 Å². The van der Waals surface area contributed by atoms with Crippen molar-refractivity contribution in [3.05, 3.63) is 65.6 Å². The van der Waals surface area contributed by atoms with Crippen molar-refractivity contribution in [1.82, 2.24) is 14.7 Å². The number of carbonyl (C=O) groups excluding carboxylic acids is 1. The molecule has 0 fully saturated rings. The molecule has 0 spiro atoms. The largest absolute Gasteiger partial charge is 0.497 e. The molecule has 118 valence electrons. The number of nitrogens with zero attached hydrogens (tertiary/aromatic N) is 2. The summed E-state index contributed by atoms with van der Waals surface area (Å²) in [6.07, 6.45) is 4.68. The second kappa shape index (κ2) is 6.52. The van der Waals surface area contributed by atoms with Gasteiger partial charge in [0.25, 0.3) is 5.91 Å². The summed E-state index contributed by atoms with van der Waals surface area (Å²) in [6.45, 7) is 2.59. The first-order valence-electron chi connectivity index (χ1n) is 7.53. The molecule has 3 rings (SSSR count). The normalized spacial score (nSPS) is 10.7. The van der Waals surface area contributed by atoms with E-state index >= 15 is 0 Å². The van der Waals surface area contributed by atoms with Crippen LogP contribution in [0.4, 0.5) is 0 Å². The van der Waals surface area contributed by atoms with Gasteiger partial charge < -0.3 is 14.5 Å². The second-order valence-electron chi connectivity index (χ2n) is 5.39. The van der Waals surface area contributed by atoms with Gasteiger partial charge in [0.2, 0.25) is 0 Å². The van der Waals surface area contributed by atoms with Crippen molar-refractivity contribution in [3.8, 4) is 5.75 Å². The first-order chi connectivity index (χ1) is 11.2. The Balaban J connectivity index is 1.59. The van der Waals surface area contributed by atoms with Crippen LogP contribution in [-0.2, 0) is 6.42 Å². The highest BCUT2D eigenvalue weighted by atomic mass is 16.5. The zero-order valence-corrected chi connectivity index (χ0v) is 13.2. The van der Waals surface area contributed by atoms with Gasteiger partial charge in [-0.25, -0.2) is 4.98 Å². The van der Waals surface area contributed by atoms with Crippen molar-refractivity contribution in [3.63, 3.8) is 0 Å². The fourth-order valence-corrected chi connectivity index (χ4v) is 2.47. The van der Waals surface area contributed by atoms with E-state index in [1.165, 1.54) is 0 Å². The minimum atomic E-state index is -0.0902. The number of hydrogen-bond acceptors (Lipinski definition) is 3. The second-order valence-corrected chi connectivity index (χ2v) is 5.39. The maximum atomic E-state index is 12.1. The molecule has 0 aliphatic heterocycles. The summed E-state index contributed by atoms with van der Waals surface area (Å²) in [5.41, 5.74) is 3.69. The molecule has 0 unspecified atom stereocenters. The van der Waals surface area contributed by atoms with E-state index in [4.69, 9.17) is 4.74 Å². The van der Waals surface area contributed by atoms with Gasteiger partial charge in [-0.1, -0.05) is 6.07 Å². The standard InChI is InChI=1S/C18H19N3O2/c1-13-4-3-11-21-12-15(20-17(13)21)9-10-19-18(22)14-5-7-16(23-2)8-6-14/h3-8,11-12H,9-10H2,1-2H3,(H,19,22). The first kappa shape index (κ1) is 15.1. The van der Waals surface area contributed by atoms with Crippen LogP contribution < -0.4 is 10.1 Å². The molecule has 1 N–H and O–H groups in total. The Morgan fingerprint density at radius 2 is 2.04 bits per heavy atom. The molecule has 0 saturated carbocycles. The minimum absolute atomic E-state index is 0.0902. The Morgan fingerprint density at radius 3 is 2.74 bits per heavy atom. The summed E-state index contributed by atoms with van der Waals surface area (Å²) in [5, 5.41) is 2.91. The molecule has 2 heterocycles. The number of rotatable bonds is 5. The molecule has 0 radical (unpaired) electrons. The Hall–Kier alpha value is -2.82. The number of carbonyl (C=O) groups is 1. The highest BCUT2D eigenvalue weighted by molar-refractivity contribution is 5.94. The van der Waals surface area contributed by atoms with Crippen LogP contribution in [0.5, 0.6) is 5.75 Å². The predicted molar refractivity (Wildman–Crippen MR) is 89.0 cm³/mol. The van der Waals surface area contributed by atoms with Gasteiger partial charge in [0.1, 0.15) is 11.4 Å². The Bertz CT molecular complexity index is 822. The Kier molecular flexibility index (Phi) is 4.28. The molecular weight excluding hydrogens is 290 g/mol. The molecule has 5 nitrogen and oxygen atoms in total. The molecular formula is C18H19N3O2. The van der Waals surface area contributed by atoms with Crippen molar-refractivity contribution in [2.45, 2.75) is 13.3 Å². The minimum Gasteiger partial charge on any atom is -0.497 e. The highest BCUT2D eigenvalue weighted by Crippen LogP contribution is 2.12. The number of methoxy groups -OCH3 is 1. The number of ether oxygens (including phenoxy) is 1. The van der Waals surface area contributed by atoms with E-state index in [2.05, 4.69) is 10.3 Å². The van der Waals surface area contributed by atoms with Crippen molar-refractivity contribution < 1.29 is 9.53 Å². The monoisotopic (exact) mass is 309 g/mol. The zero-order valence-electron chi connectivity index (χ0n) is 13.2. The first-order valence-corrected chi connectivity index (χ1v) is 7.53. The molecule has 3 aromatic rings. The van der Waals surface area contributed by atoms with E-state index in [-0.39, 0.29) is 5.91 Å². The van der Waals surface area contributed by atoms with Crippen LogP contribution in [0.2, 0.25) is 0 Å². The van der Waals surface area contributed by atoms with Crippen molar-refractivity contribution in [1.29, 1.82) is 0 Å². The average molecular weight is 309 g/mol. The predicted octanol–water partition coefficient (Wildman–Crippen LogP) is 2.62. The van der Waals surface area contributed by atoms with Gasteiger partial charge in [0, 0.05) is 30.9 Å². The molecule has 1 amide bonds. The third kappa shape index (κ3) is 3.34. The molecule has 5 heteroatoms. The summed E-state index contributed by atoms with van der Waals surface area (Å²) >= 11 is 0. The number of fused-ring (bicyclic) bond motifs is 1. The number of aryl methyl sites for hydroxylation is 1. The summed E-state index contributed by atoms with van der Waals surface area (Å²) in [7, 11) is 1.60. The topological polar surface area (TPSA) is 55.6 Å². The molecule has 0 aliphatic rings. The van der Waals surface area contributed by atoms with Crippen molar-refractivity contribution in [2.24, 2.45) is 0 Å². The van der Waals surface area contributed by atoms with Crippen LogP contribution >= 0.6 is 0 Å². The maximum Gasteiger partial charge on any atom is 0.251 e. The number of nitrogens with one attached hydrogen (secondary N) is 1. The zero-order chi connectivity index (χ0) is 16.2. The van der Waals surface area contributed by atoms with Gasteiger partial charge >= 0.3 is 0 Å². The molecule has 1 aromatic carbocycles. The lowest BCUT2D eigenvalue weighted by molar-refractivity contribution is 0.0954. The van der Waals surface area contributed by atoms with E-state index in [0.717, 1.165) is 22.7 Å². The highest BCUT2D eigenvalue weighted by Gasteiger charge is 2.07. The van der Waals surface area contributed by atoms with Crippen molar-refractivity contribution >= 4 is 11.6 Å². The van der Waals surface area contributed by atoms with E-state index in [0.29, 0.717) is 18.5 Å². The SMILES string of the molecule is COc1ccc(C(=O)NCCc2cn3cccc(C)c3n2)cc1. The van der Waals surface area contributed by atoms with Crippen LogP contribution in [0.1, 0.15) is 21.6 Å². The van der Waals surface area contributed by atoms with Gasteiger partial charge in [-0.15, -0.1) is 0 Å². The van der Waals surface area contributed by atoms with E-state index in [9.17, 15) is 4.79 Å². The van der Waals surface area contributed by atoms with Gasteiger partial charge in [0.15, 0.2) is 0 Å². The third-order valence-electron chi connectivity index (χ3n) is 3.75. The molecule has 0 atom stereocenters. The van der Waals surface area contributed by atoms with E-state index in [1.807, 2.05) is 35.9 Å². The van der Waals surface area contributed by atoms with Crippen LogP contribution in [0.25, 0.3) is 5.65 Å². The fourth-order valence-electron chi connectivity index (χ4n) is 2.47. The smallest absolute Gasteiger partial charge is 0.251 e. The lowest BCUT2D eigenvalue weighted by Gasteiger charge is -2.05. The molecule has 0 saturated heterocycles. The maximum absolute atomic E-state index is 12.1. The number of hydrogen-bond donors (Lipinski definition) is 1. The van der Waals surface area contributed by atoms with Crippen LogP contribution in [0.15, 0.2) is 48.8 Å². The molecule has 0 aliphatic carbocycles. The quantitative estimate of drug-likeness (QED) is 0.788. The van der Waals surface area contributed by atoms with Crippen molar-refractivity contribution in [2.75, 3.05) is 13.7 Å². The average Bonchev–Trinajstić information content (AvgIpc) is 2.99. The molecule has 23 heavy (non-hydrogen) atoms. The number of imidazole rings is 1. The van der Waals surface area contributed by atoms with E-state index in [1.54, 1.807) is 31.4 Å². The van der Waals surface area contributed by atoms with Gasteiger partial charge in [-0.2, -0.15) is 0 Å². The Labute approximate surface area is 134 Å². The third-order valence-corrected chi connectivity index (χ3v) is 3.75. The summed E-state index contributed by atoms with van der Waals surface area (Å²) < 4.78 is 7.09. The fraction of sp³-hybridized carbons (Fsp3) is 0.222. The van der Waals surface area contributed by atoms with Gasteiger partial charge in [-0.3, -0.25) is 4.79 Å². The van der Waals surface area contributed by atoms with Crippen LogP contribution in [-0.4, -0.2) is 28.9 Å². The Morgan fingerprint density at radius 1 is 1.26 bits per heavy atom.